The van der Waals surface area contributed by atoms with E-state index in [4.69, 9.17) is 9.84 Å². The number of pyridine rings is 1. The average molecular weight is 237 g/mol. The zero-order chi connectivity index (χ0) is 12.4. The van der Waals surface area contributed by atoms with Gasteiger partial charge in [-0.05, 0) is 25.8 Å². The van der Waals surface area contributed by atoms with Gasteiger partial charge in [-0.3, -0.25) is 4.79 Å². The zero-order valence-electron chi connectivity index (χ0n) is 9.63. The summed E-state index contributed by atoms with van der Waals surface area (Å²) in [6, 6.07) is 2.47. The largest absolute Gasteiger partial charge is 0.478 e. The van der Waals surface area contributed by atoms with Gasteiger partial charge in [0.1, 0.15) is 0 Å². The molecule has 1 aromatic rings. The second-order valence-electron chi connectivity index (χ2n) is 4.26. The molecule has 1 N–H and O–H groups in total. The maximum Gasteiger partial charge on any atom is 0.337 e. The molecule has 2 heterocycles. The van der Waals surface area contributed by atoms with Gasteiger partial charge in [-0.2, -0.15) is 0 Å². The predicted molar refractivity (Wildman–Crippen MR) is 61.3 cm³/mol. The fourth-order valence-electron chi connectivity index (χ4n) is 2.11. The van der Waals surface area contributed by atoms with Crippen LogP contribution in [0.4, 0.5) is 0 Å². The summed E-state index contributed by atoms with van der Waals surface area (Å²) in [7, 11) is 0. The van der Waals surface area contributed by atoms with E-state index in [2.05, 4.69) is 0 Å². The van der Waals surface area contributed by atoms with E-state index in [1.807, 2.05) is 6.92 Å². The number of nitrogens with zero attached hydrogens (tertiary/aromatic N) is 1. The predicted octanol–water partition coefficient (Wildman–Crippen LogP) is 1.29. The third kappa shape index (κ3) is 2.39. The number of carboxylic acid groups (broad SMARTS) is 1. The molecule has 1 aromatic heterocycles. The van der Waals surface area contributed by atoms with Crippen LogP contribution in [0.5, 0.6) is 0 Å². The lowest BCUT2D eigenvalue weighted by Gasteiger charge is -2.21. The number of hydrogen-bond donors (Lipinski definition) is 1. The van der Waals surface area contributed by atoms with Crippen LogP contribution >= 0.6 is 0 Å². The molecule has 0 radical (unpaired) electrons. The van der Waals surface area contributed by atoms with Gasteiger partial charge in [-0.1, -0.05) is 0 Å². The minimum atomic E-state index is -1.03. The quantitative estimate of drug-likeness (QED) is 0.860. The van der Waals surface area contributed by atoms with E-state index >= 15 is 0 Å². The third-order valence-electron chi connectivity index (χ3n) is 3.13. The first-order valence-corrected chi connectivity index (χ1v) is 5.66. The second kappa shape index (κ2) is 4.71. The van der Waals surface area contributed by atoms with Gasteiger partial charge < -0.3 is 14.4 Å². The number of aromatic carboxylic acids is 1. The number of aromatic nitrogens is 1. The second-order valence-corrected chi connectivity index (χ2v) is 4.26. The molecule has 0 spiro atoms. The van der Waals surface area contributed by atoms with E-state index in [-0.39, 0.29) is 23.3 Å². The van der Waals surface area contributed by atoms with E-state index in [9.17, 15) is 9.59 Å². The van der Waals surface area contributed by atoms with E-state index in [1.165, 1.54) is 22.9 Å². The van der Waals surface area contributed by atoms with Crippen molar-refractivity contribution in [3.63, 3.8) is 0 Å². The van der Waals surface area contributed by atoms with Gasteiger partial charge >= 0.3 is 5.97 Å². The number of hydrogen-bond acceptors (Lipinski definition) is 3. The maximum atomic E-state index is 11.7. The molecule has 0 amide bonds. The van der Waals surface area contributed by atoms with Gasteiger partial charge in [-0.15, -0.1) is 0 Å². The van der Waals surface area contributed by atoms with Gasteiger partial charge in [0.15, 0.2) is 0 Å². The first kappa shape index (κ1) is 11.9. The highest BCUT2D eigenvalue weighted by Crippen LogP contribution is 2.23. The van der Waals surface area contributed by atoms with Gasteiger partial charge in [0, 0.05) is 18.9 Å². The standard InChI is InChI=1S/C12H15NO4/c1-8(10-3-2-6-17-10)13-7-9(12(15)16)4-5-11(13)14/h4-5,7-8,10H,2-3,6H2,1H3,(H,15,16). The number of rotatable bonds is 3. The van der Waals surface area contributed by atoms with Crippen molar-refractivity contribution in [2.75, 3.05) is 6.61 Å². The Labute approximate surface area is 98.6 Å². The molecule has 2 unspecified atom stereocenters. The summed E-state index contributed by atoms with van der Waals surface area (Å²) in [5.74, 6) is -1.03. The summed E-state index contributed by atoms with van der Waals surface area (Å²) >= 11 is 0. The molecule has 1 aliphatic heterocycles. The highest BCUT2D eigenvalue weighted by Gasteiger charge is 2.24. The third-order valence-corrected chi connectivity index (χ3v) is 3.13. The molecule has 2 rings (SSSR count). The number of carbonyl (C=O) groups is 1. The Morgan fingerprint density at radius 2 is 2.35 bits per heavy atom. The van der Waals surface area contributed by atoms with Crippen molar-refractivity contribution in [2.24, 2.45) is 0 Å². The minimum absolute atomic E-state index is 0.00301. The molecule has 5 nitrogen and oxygen atoms in total. The lowest BCUT2D eigenvalue weighted by Crippen LogP contribution is -2.30. The fraction of sp³-hybridized carbons (Fsp3) is 0.500. The Morgan fingerprint density at radius 3 is 2.94 bits per heavy atom. The fourth-order valence-corrected chi connectivity index (χ4v) is 2.11. The van der Waals surface area contributed by atoms with Crippen LogP contribution < -0.4 is 5.56 Å². The van der Waals surface area contributed by atoms with Crippen LogP contribution in [0.3, 0.4) is 0 Å². The Kier molecular flexibility index (Phi) is 3.28. The van der Waals surface area contributed by atoms with Crippen LogP contribution in [0.2, 0.25) is 0 Å². The summed E-state index contributed by atoms with van der Waals surface area (Å²) in [4.78, 5) is 22.6. The van der Waals surface area contributed by atoms with Crippen molar-refractivity contribution in [2.45, 2.75) is 31.9 Å². The first-order valence-electron chi connectivity index (χ1n) is 5.66. The molecule has 0 aromatic carbocycles. The van der Waals surface area contributed by atoms with Crippen molar-refractivity contribution in [3.05, 3.63) is 34.2 Å². The van der Waals surface area contributed by atoms with Gasteiger partial charge in [0.2, 0.25) is 0 Å². The highest BCUT2D eigenvalue weighted by atomic mass is 16.5. The SMILES string of the molecule is CC(C1CCCO1)n1cc(C(=O)O)ccc1=O. The van der Waals surface area contributed by atoms with E-state index < -0.39 is 5.97 Å². The van der Waals surface area contributed by atoms with Crippen LogP contribution in [-0.4, -0.2) is 28.4 Å². The molecule has 5 heteroatoms. The Morgan fingerprint density at radius 1 is 1.59 bits per heavy atom. The van der Waals surface area contributed by atoms with E-state index in [0.717, 1.165) is 12.8 Å². The minimum Gasteiger partial charge on any atom is -0.478 e. The van der Waals surface area contributed by atoms with Gasteiger partial charge in [0.25, 0.3) is 5.56 Å². The van der Waals surface area contributed by atoms with Crippen molar-refractivity contribution in [1.29, 1.82) is 0 Å². The molecule has 0 bridgehead atoms. The summed E-state index contributed by atoms with van der Waals surface area (Å²) in [5.41, 5.74) is -0.0764. The van der Waals surface area contributed by atoms with Crippen LogP contribution in [-0.2, 0) is 4.74 Å². The van der Waals surface area contributed by atoms with Crippen molar-refractivity contribution >= 4 is 5.97 Å². The summed E-state index contributed by atoms with van der Waals surface area (Å²) in [5, 5.41) is 8.90. The Balaban J connectivity index is 2.32. The van der Waals surface area contributed by atoms with E-state index in [1.54, 1.807) is 0 Å². The molecule has 1 aliphatic rings. The van der Waals surface area contributed by atoms with Crippen molar-refractivity contribution in [3.8, 4) is 0 Å². The molecular weight excluding hydrogens is 222 g/mol. The van der Waals surface area contributed by atoms with Crippen molar-refractivity contribution in [1.82, 2.24) is 4.57 Å². The summed E-state index contributed by atoms with van der Waals surface area (Å²) < 4.78 is 6.96. The molecule has 1 saturated heterocycles. The number of ether oxygens (including phenoxy) is 1. The average Bonchev–Trinajstić information content (AvgIpc) is 2.81. The topological polar surface area (TPSA) is 68.5 Å². The van der Waals surface area contributed by atoms with Crippen LogP contribution in [0.25, 0.3) is 0 Å². The molecular formula is C12H15NO4. The Bertz CT molecular complexity index is 474. The van der Waals surface area contributed by atoms with Gasteiger partial charge in [-0.25, -0.2) is 4.79 Å². The summed E-state index contributed by atoms with van der Waals surface area (Å²) in [6.07, 6.45) is 3.28. The first-order chi connectivity index (χ1) is 8.09. The molecule has 2 atom stereocenters. The van der Waals surface area contributed by atoms with Crippen LogP contribution in [0.15, 0.2) is 23.1 Å². The summed E-state index contributed by atoms with van der Waals surface area (Å²) in [6.45, 7) is 2.59. The smallest absolute Gasteiger partial charge is 0.337 e. The van der Waals surface area contributed by atoms with Crippen molar-refractivity contribution < 1.29 is 14.6 Å². The van der Waals surface area contributed by atoms with E-state index in [0.29, 0.717) is 6.61 Å². The molecule has 1 fully saturated rings. The van der Waals surface area contributed by atoms with Crippen LogP contribution in [0, 0.1) is 0 Å². The Hall–Kier alpha value is -1.62. The van der Waals surface area contributed by atoms with Crippen LogP contribution in [0.1, 0.15) is 36.2 Å². The lowest BCUT2D eigenvalue weighted by molar-refractivity contribution is 0.0677. The normalized spacial score (nSPS) is 21.4. The molecule has 0 saturated carbocycles. The van der Waals surface area contributed by atoms with Gasteiger partial charge in [0.05, 0.1) is 17.7 Å². The highest BCUT2D eigenvalue weighted by molar-refractivity contribution is 5.87. The lowest BCUT2D eigenvalue weighted by atomic mass is 10.1. The molecule has 92 valence electrons. The monoisotopic (exact) mass is 237 g/mol. The number of carboxylic acids is 1. The maximum absolute atomic E-state index is 11.7. The molecule has 0 aliphatic carbocycles. The molecule has 17 heavy (non-hydrogen) atoms. The zero-order valence-corrected chi connectivity index (χ0v) is 9.63.